The molecule has 0 aliphatic carbocycles. The minimum Gasteiger partial charge on any atom is -0.491 e. The smallest absolute Gasteiger partial charge is 0.155 e. The third-order valence-corrected chi connectivity index (χ3v) is 5.24. The molecule has 5 heteroatoms. The van der Waals surface area contributed by atoms with Crippen LogP contribution in [0.3, 0.4) is 0 Å². The predicted molar refractivity (Wildman–Crippen MR) is 73.6 cm³/mol. The van der Waals surface area contributed by atoms with Crippen molar-refractivity contribution < 1.29 is 13.2 Å². The van der Waals surface area contributed by atoms with Gasteiger partial charge in [-0.15, -0.1) is 0 Å². The maximum Gasteiger partial charge on any atom is 0.155 e. The van der Waals surface area contributed by atoms with E-state index in [9.17, 15) is 8.42 Å². The molecule has 0 aromatic heterocycles. The summed E-state index contributed by atoms with van der Waals surface area (Å²) in [4.78, 5) is 0. The molecule has 1 aromatic carbocycles. The SMILES string of the molecule is CC(C)S(=O)(=O)CCOc1ccccc1I. The van der Waals surface area contributed by atoms with Gasteiger partial charge in [0, 0.05) is 0 Å². The van der Waals surface area contributed by atoms with Crippen molar-refractivity contribution in [2.45, 2.75) is 19.1 Å². The average Bonchev–Trinajstić information content (AvgIpc) is 2.20. The highest BCUT2D eigenvalue weighted by atomic mass is 127. The van der Waals surface area contributed by atoms with Gasteiger partial charge in [-0.25, -0.2) is 8.42 Å². The van der Waals surface area contributed by atoms with Gasteiger partial charge in [0.25, 0.3) is 0 Å². The summed E-state index contributed by atoms with van der Waals surface area (Å²) in [6.45, 7) is 3.57. The van der Waals surface area contributed by atoms with Crippen molar-refractivity contribution in [2.24, 2.45) is 0 Å². The summed E-state index contributed by atoms with van der Waals surface area (Å²) < 4.78 is 29.5. The summed E-state index contributed by atoms with van der Waals surface area (Å²) >= 11 is 2.16. The normalized spacial score (nSPS) is 11.8. The van der Waals surface area contributed by atoms with Crippen molar-refractivity contribution in [3.8, 4) is 5.75 Å². The molecule has 0 aliphatic heterocycles. The molecule has 0 radical (unpaired) electrons. The van der Waals surface area contributed by atoms with Crippen LogP contribution in [0.4, 0.5) is 0 Å². The Hall–Kier alpha value is -0.300. The minimum absolute atomic E-state index is 0.0651. The Bertz CT molecular complexity index is 440. The van der Waals surface area contributed by atoms with E-state index in [2.05, 4.69) is 22.6 Å². The molecular weight excluding hydrogens is 339 g/mol. The summed E-state index contributed by atoms with van der Waals surface area (Å²) in [5.41, 5.74) is 0. The van der Waals surface area contributed by atoms with Gasteiger partial charge in [0.15, 0.2) is 9.84 Å². The van der Waals surface area contributed by atoms with Crippen LogP contribution in [0.2, 0.25) is 0 Å². The minimum atomic E-state index is -3.01. The predicted octanol–water partition coefficient (Wildman–Crippen LogP) is 2.49. The van der Waals surface area contributed by atoms with Gasteiger partial charge in [-0.2, -0.15) is 0 Å². The van der Waals surface area contributed by atoms with E-state index in [-0.39, 0.29) is 17.6 Å². The van der Waals surface area contributed by atoms with E-state index in [0.29, 0.717) is 0 Å². The van der Waals surface area contributed by atoms with E-state index < -0.39 is 9.84 Å². The van der Waals surface area contributed by atoms with Crippen LogP contribution in [0, 0.1) is 3.57 Å². The molecular formula is C11H15IO3S. The zero-order chi connectivity index (χ0) is 12.2. The quantitative estimate of drug-likeness (QED) is 0.764. The largest absolute Gasteiger partial charge is 0.491 e. The Balaban J connectivity index is 2.52. The van der Waals surface area contributed by atoms with E-state index in [1.165, 1.54) is 0 Å². The molecule has 16 heavy (non-hydrogen) atoms. The van der Waals surface area contributed by atoms with Crippen LogP contribution in [0.5, 0.6) is 5.75 Å². The van der Waals surface area contributed by atoms with Crippen LogP contribution in [-0.2, 0) is 9.84 Å². The van der Waals surface area contributed by atoms with E-state index in [4.69, 9.17) is 4.74 Å². The second kappa shape index (κ2) is 5.86. The lowest BCUT2D eigenvalue weighted by atomic mass is 10.3. The Morgan fingerprint density at radius 1 is 1.31 bits per heavy atom. The molecule has 0 saturated carbocycles. The molecule has 0 unspecified atom stereocenters. The van der Waals surface area contributed by atoms with Crippen molar-refractivity contribution >= 4 is 32.4 Å². The molecule has 0 aliphatic rings. The van der Waals surface area contributed by atoms with Gasteiger partial charge in [-0.1, -0.05) is 12.1 Å². The summed E-state index contributed by atoms with van der Waals surface area (Å²) in [7, 11) is -3.01. The Labute approximate surface area is 110 Å². The van der Waals surface area contributed by atoms with Crippen molar-refractivity contribution in [1.29, 1.82) is 0 Å². The molecule has 0 spiro atoms. The molecule has 0 saturated heterocycles. The Morgan fingerprint density at radius 2 is 1.94 bits per heavy atom. The maximum absolute atomic E-state index is 11.5. The van der Waals surface area contributed by atoms with E-state index in [0.717, 1.165) is 9.32 Å². The van der Waals surface area contributed by atoms with Gasteiger partial charge in [0.05, 0.1) is 14.6 Å². The summed E-state index contributed by atoms with van der Waals surface area (Å²) in [6.07, 6.45) is 0. The van der Waals surface area contributed by atoms with Crippen molar-refractivity contribution in [3.63, 3.8) is 0 Å². The highest BCUT2D eigenvalue weighted by Gasteiger charge is 2.15. The van der Waals surface area contributed by atoms with E-state index in [1.807, 2.05) is 24.3 Å². The number of benzene rings is 1. The van der Waals surface area contributed by atoms with Gasteiger partial charge < -0.3 is 4.74 Å². The van der Waals surface area contributed by atoms with Crippen LogP contribution in [-0.4, -0.2) is 26.0 Å². The molecule has 0 bridgehead atoms. The van der Waals surface area contributed by atoms with E-state index >= 15 is 0 Å². The first-order chi connectivity index (χ1) is 7.43. The number of para-hydroxylation sites is 1. The number of ether oxygens (including phenoxy) is 1. The number of halogens is 1. The second-order valence-corrected chi connectivity index (χ2v) is 7.53. The maximum atomic E-state index is 11.5. The third-order valence-electron chi connectivity index (χ3n) is 2.18. The lowest BCUT2D eigenvalue weighted by Crippen LogP contribution is -2.22. The van der Waals surface area contributed by atoms with Gasteiger partial charge in [-0.3, -0.25) is 0 Å². The molecule has 3 nitrogen and oxygen atoms in total. The topological polar surface area (TPSA) is 43.4 Å². The monoisotopic (exact) mass is 354 g/mol. The fourth-order valence-corrected chi connectivity index (χ4v) is 2.40. The number of rotatable bonds is 5. The molecule has 90 valence electrons. The number of hydrogen-bond acceptors (Lipinski definition) is 3. The average molecular weight is 354 g/mol. The standard InChI is InChI=1S/C11H15IO3S/c1-9(2)16(13,14)8-7-15-11-6-4-3-5-10(11)12/h3-6,9H,7-8H2,1-2H3. The first-order valence-corrected chi connectivity index (χ1v) is 7.82. The lowest BCUT2D eigenvalue weighted by Gasteiger charge is -2.10. The first kappa shape index (κ1) is 13.8. The summed E-state index contributed by atoms with van der Waals surface area (Å²) in [5, 5.41) is -0.342. The molecule has 0 amide bonds. The van der Waals surface area contributed by atoms with Crippen LogP contribution >= 0.6 is 22.6 Å². The van der Waals surface area contributed by atoms with Gasteiger partial charge >= 0.3 is 0 Å². The molecule has 1 rings (SSSR count). The highest BCUT2D eigenvalue weighted by molar-refractivity contribution is 14.1. The number of sulfone groups is 1. The van der Waals surface area contributed by atoms with Gasteiger partial charge in [-0.05, 0) is 48.6 Å². The fourth-order valence-electron chi connectivity index (χ4n) is 1.07. The highest BCUT2D eigenvalue weighted by Crippen LogP contribution is 2.19. The lowest BCUT2D eigenvalue weighted by molar-refractivity contribution is 0.338. The van der Waals surface area contributed by atoms with Gasteiger partial charge in [0.2, 0.25) is 0 Å². The third kappa shape index (κ3) is 3.93. The fraction of sp³-hybridized carbons (Fsp3) is 0.455. The van der Waals surface area contributed by atoms with Crippen LogP contribution in [0.15, 0.2) is 24.3 Å². The van der Waals surface area contributed by atoms with Crippen molar-refractivity contribution in [3.05, 3.63) is 27.8 Å². The summed E-state index contributed by atoms with van der Waals surface area (Å²) in [5.74, 6) is 0.803. The first-order valence-electron chi connectivity index (χ1n) is 5.02. The van der Waals surface area contributed by atoms with Crippen LogP contribution in [0.25, 0.3) is 0 Å². The summed E-state index contributed by atoms with van der Waals surface area (Å²) in [6, 6.07) is 7.55. The Morgan fingerprint density at radius 3 is 2.50 bits per heavy atom. The molecule has 0 atom stereocenters. The van der Waals surface area contributed by atoms with Crippen molar-refractivity contribution in [1.82, 2.24) is 0 Å². The van der Waals surface area contributed by atoms with Crippen LogP contribution < -0.4 is 4.74 Å². The second-order valence-electron chi connectivity index (χ2n) is 3.69. The van der Waals surface area contributed by atoms with E-state index in [1.54, 1.807) is 13.8 Å². The zero-order valence-electron chi connectivity index (χ0n) is 9.31. The van der Waals surface area contributed by atoms with Gasteiger partial charge in [0.1, 0.15) is 12.4 Å². The molecule has 0 N–H and O–H groups in total. The zero-order valence-corrected chi connectivity index (χ0v) is 12.3. The molecule has 0 heterocycles. The number of hydrogen-bond donors (Lipinski definition) is 0. The molecule has 1 aromatic rings. The molecule has 0 fully saturated rings. The Kier molecular flexibility index (Phi) is 5.04. The van der Waals surface area contributed by atoms with Crippen molar-refractivity contribution in [2.75, 3.05) is 12.4 Å². The van der Waals surface area contributed by atoms with Crippen LogP contribution in [0.1, 0.15) is 13.8 Å².